The third-order valence-electron chi connectivity index (χ3n) is 1.50. The summed E-state index contributed by atoms with van der Waals surface area (Å²) in [5.74, 6) is 0. The summed E-state index contributed by atoms with van der Waals surface area (Å²) in [7, 11) is 0. The van der Waals surface area contributed by atoms with E-state index in [1.165, 1.54) is 0 Å². The molecule has 0 amide bonds. The minimum Gasteiger partial charge on any atom is -0.261 e. The van der Waals surface area contributed by atoms with E-state index in [1.807, 2.05) is 42.6 Å². The summed E-state index contributed by atoms with van der Waals surface area (Å²) in [6.07, 6.45) is 5.79. The van der Waals surface area contributed by atoms with Gasteiger partial charge < -0.3 is 0 Å². The van der Waals surface area contributed by atoms with Crippen LogP contribution in [0.3, 0.4) is 0 Å². The first-order chi connectivity index (χ1) is 5.93. The maximum atomic E-state index is 4.27. The maximum Gasteiger partial charge on any atom is 0.0625 e. The van der Waals surface area contributed by atoms with E-state index in [4.69, 9.17) is 0 Å². The zero-order valence-corrected chi connectivity index (χ0v) is 7.11. The summed E-state index contributed by atoms with van der Waals surface area (Å²) in [6, 6.07) is 9.94. The van der Waals surface area contributed by atoms with Crippen LogP contribution in [0.15, 0.2) is 48.0 Å². The Labute approximate surface area is 73.5 Å². The fourth-order valence-corrected chi connectivity index (χ4v) is 0.876. The second-order valence-corrected chi connectivity index (χ2v) is 2.51. The molecule has 0 aromatic heterocycles. The average Bonchev–Trinajstić information content (AvgIpc) is 2.14. The van der Waals surface area contributed by atoms with Crippen molar-refractivity contribution in [1.29, 1.82) is 0 Å². The molecule has 0 spiro atoms. The maximum absolute atomic E-state index is 4.27. The van der Waals surface area contributed by atoms with Crippen molar-refractivity contribution in [2.24, 2.45) is 4.99 Å². The van der Waals surface area contributed by atoms with E-state index in [1.54, 1.807) is 0 Å². The summed E-state index contributed by atoms with van der Waals surface area (Å²) < 4.78 is 0. The van der Waals surface area contributed by atoms with E-state index in [-0.39, 0.29) is 0 Å². The number of allylic oxidation sites excluding steroid dienone is 1. The summed E-state index contributed by atoms with van der Waals surface area (Å²) in [5, 5.41) is 0. The summed E-state index contributed by atoms with van der Waals surface area (Å²) in [5.41, 5.74) is 1.02. The molecule has 0 aliphatic heterocycles. The highest BCUT2D eigenvalue weighted by molar-refractivity contribution is 5.63. The molecule has 0 saturated heterocycles. The minimum atomic E-state index is 0.971. The third kappa shape index (κ3) is 3.15. The number of para-hydroxylation sites is 1. The normalized spacial score (nSPS) is 10.3. The minimum absolute atomic E-state index is 0.971. The van der Waals surface area contributed by atoms with Crippen molar-refractivity contribution in [2.45, 2.75) is 12.8 Å². The van der Waals surface area contributed by atoms with Gasteiger partial charge in [-0.2, -0.15) is 0 Å². The molecule has 12 heavy (non-hydrogen) atoms. The lowest BCUT2D eigenvalue weighted by Crippen LogP contribution is -1.71. The Morgan fingerprint density at radius 2 is 1.92 bits per heavy atom. The Kier molecular flexibility index (Phi) is 3.86. The van der Waals surface area contributed by atoms with Crippen molar-refractivity contribution in [3.8, 4) is 0 Å². The molecule has 0 N–H and O–H groups in total. The van der Waals surface area contributed by atoms with Crippen LogP contribution in [-0.4, -0.2) is 6.21 Å². The van der Waals surface area contributed by atoms with Gasteiger partial charge in [0.1, 0.15) is 0 Å². The number of rotatable bonds is 4. The van der Waals surface area contributed by atoms with Crippen molar-refractivity contribution in [3.63, 3.8) is 0 Å². The molecule has 0 saturated carbocycles. The first kappa shape index (κ1) is 8.72. The highest BCUT2D eigenvalue weighted by atomic mass is 14.7. The molecule has 0 radical (unpaired) electrons. The van der Waals surface area contributed by atoms with Gasteiger partial charge in [0.05, 0.1) is 5.69 Å². The second kappa shape index (κ2) is 5.30. The van der Waals surface area contributed by atoms with Gasteiger partial charge in [-0.3, -0.25) is 4.99 Å². The molecule has 1 aromatic carbocycles. The van der Waals surface area contributed by atoms with Gasteiger partial charge in [0.15, 0.2) is 0 Å². The van der Waals surface area contributed by atoms with Crippen molar-refractivity contribution in [1.82, 2.24) is 0 Å². The van der Waals surface area contributed by atoms with Crippen LogP contribution in [0.4, 0.5) is 5.69 Å². The SMILES string of the molecule is C=CCCC=Nc1ccccc1. The molecule has 0 heterocycles. The Balaban J connectivity index is 2.41. The Morgan fingerprint density at radius 3 is 2.58 bits per heavy atom. The fraction of sp³-hybridized carbons (Fsp3) is 0.182. The molecular formula is C11H13N. The molecule has 1 aromatic rings. The number of aliphatic imine (C=N–C) groups is 1. The van der Waals surface area contributed by atoms with Crippen molar-refractivity contribution >= 4 is 11.9 Å². The van der Waals surface area contributed by atoms with Crippen molar-refractivity contribution in [3.05, 3.63) is 43.0 Å². The van der Waals surface area contributed by atoms with E-state index < -0.39 is 0 Å². The topological polar surface area (TPSA) is 12.4 Å². The highest BCUT2D eigenvalue weighted by Gasteiger charge is 1.81. The van der Waals surface area contributed by atoms with Crippen LogP contribution >= 0.6 is 0 Å². The first-order valence-corrected chi connectivity index (χ1v) is 4.12. The summed E-state index contributed by atoms with van der Waals surface area (Å²) in [4.78, 5) is 4.27. The van der Waals surface area contributed by atoms with E-state index in [0.29, 0.717) is 0 Å². The van der Waals surface area contributed by atoms with E-state index >= 15 is 0 Å². The molecule has 0 unspecified atom stereocenters. The largest absolute Gasteiger partial charge is 0.261 e. The van der Waals surface area contributed by atoms with Crippen LogP contribution in [0.25, 0.3) is 0 Å². The van der Waals surface area contributed by atoms with Gasteiger partial charge in [-0.05, 0) is 25.0 Å². The van der Waals surface area contributed by atoms with Crippen LogP contribution in [-0.2, 0) is 0 Å². The van der Waals surface area contributed by atoms with Crippen molar-refractivity contribution in [2.75, 3.05) is 0 Å². The van der Waals surface area contributed by atoms with Crippen LogP contribution in [0.2, 0.25) is 0 Å². The van der Waals surface area contributed by atoms with Crippen molar-refractivity contribution < 1.29 is 0 Å². The smallest absolute Gasteiger partial charge is 0.0625 e. The van der Waals surface area contributed by atoms with E-state index in [0.717, 1.165) is 18.5 Å². The third-order valence-corrected chi connectivity index (χ3v) is 1.50. The number of hydrogen-bond donors (Lipinski definition) is 0. The molecule has 62 valence electrons. The molecule has 0 atom stereocenters. The number of nitrogens with zero attached hydrogens (tertiary/aromatic N) is 1. The molecular weight excluding hydrogens is 146 g/mol. The summed E-state index contributed by atoms with van der Waals surface area (Å²) >= 11 is 0. The van der Waals surface area contributed by atoms with Gasteiger partial charge in [0.25, 0.3) is 0 Å². The van der Waals surface area contributed by atoms with Gasteiger partial charge in [-0.1, -0.05) is 24.3 Å². The molecule has 1 heteroatoms. The number of hydrogen-bond acceptors (Lipinski definition) is 1. The molecule has 1 rings (SSSR count). The lowest BCUT2D eigenvalue weighted by molar-refractivity contribution is 1.12. The monoisotopic (exact) mass is 159 g/mol. The zero-order chi connectivity index (χ0) is 8.65. The quantitative estimate of drug-likeness (QED) is 0.363. The highest BCUT2D eigenvalue weighted by Crippen LogP contribution is 2.08. The molecule has 0 aliphatic rings. The van der Waals surface area contributed by atoms with Gasteiger partial charge in [-0.25, -0.2) is 0 Å². The molecule has 1 nitrogen and oxygen atoms in total. The number of unbranched alkanes of at least 4 members (excludes halogenated alkanes) is 1. The van der Waals surface area contributed by atoms with Gasteiger partial charge in [0, 0.05) is 6.21 Å². The van der Waals surface area contributed by atoms with Crippen LogP contribution in [0, 0.1) is 0 Å². The average molecular weight is 159 g/mol. The Bertz CT molecular complexity index is 249. The predicted molar refractivity (Wildman–Crippen MR) is 54.0 cm³/mol. The van der Waals surface area contributed by atoms with Gasteiger partial charge in [0.2, 0.25) is 0 Å². The van der Waals surface area contributed by atoms with Crippen LogP contribution < -0.4 is 0 Å². The first-order valence-electron chi connectivity index (χ1n) is 4.12. The van der Waals surface area contributed by atoms with Gasteiger partial charge in [-0.15, -0.1) is 6.58 Å². The van der Waals surface area contributed by atoms with Gasteiger partial charge >= 0.3 is 0 Å². The van der Waals surface area contributed by atoms with E-state index in [2.05, 4.69) is 11.6 Å². The lowest BCUT2D eigenvalue weighted by atomic mass is 10.3. The standard InChI is InChI=1S/C11H13N/c1-2-3-7-10-12-11-8-5-4-6-9-11/h2,4-6,8-10H,1,3,7H2. The number of benzene rings is 1. The predicted octanol–water partition coefficient (Wildman–Crippen LogP) is 3.36. The Morgan fingerprint density at radius 1 is 1.17 bits per heavy atom. The lowest BCUT2D eigenvalue weighted by Gasteiger charge is -1.90. The molecule has 0 fully saturated rings. The van der Waals surface area contributed by atoms with E-state index in [9.17, 15) is 0 Å². The summed E-state index contributed by atoms with van der Waals surface area (Å²) in [6.45, 7) is 3.64. The zero-order valence-electron chi connectivity index (χ0n) is 7.11. The van der Waals surface area contributed by atoms with Crippen LogP contribution in [0.5, 0.6) is 0 Å². The molecule has 0 bridgehead atoms. The van der Waals surface area contributed by atoms with Crippen LogP contribution in [0.1, 0.15) is 12.8 Å². The fourth-order valence-electron chi connectivity index (χ4n) is 0.876. The second-order valence-electron chi connectivity index (χ2n) is 2.51. The molecule has 0 aliphatic carbocycles. The Hall–Kier alpha value is -1.37.